The molecular formula is C18H37IN4O. The number of hydrogen-bond acceptors (Lipinski definition) is 2. The predicted octanol–water partition coefficient (Wildman–Crippen LogP) is 3.55. The zero-order valence-electron chi connectivity index (χ0n) is 15.9. The number of amides is 1. The van der Waals surface area contributed by atoms with Gasteiger partial charge in [-0.1, -0.05) is 19.4 Å². The van der Waals surface area contributed by atoms with Crippen molar-refractivity contribution in [3.63, 3.8) is 0 Å². The average Bonchev–Trinajstić information content (AvgIpc) is 2.53. The van der Waals surface area contributed by atoms with Crippen molar-refractivity contribution in [2.75, 3.05) is 26.7 Å². The summed E-state index contributed by atoms with van der Waals surface area (Å²) < 4.78 is 0. The van der Waals surface area contributed by atoms with Crippen LogP contribution >= 0.6 is 24.0 Å². The minimum atomic E-state index is 0. The number of rotatable bonds is 12. The summed E-state index contributed by atoms with van der Waals surface area (Å²) in [7, 11) is 2.05. The Morgan fingerprint density at radius 2 is 2.00 bits per heavy atom. The van der Waals surface area contributed by atoms with Gasteiger partial charge in [0.15, 0.2) is 5.96 Å². The molecule has 24 heavy (non-hydrogen) atoms. The summed E-state index contributed by atoms with van der Waals surface area (Å²) in [4.78, 5) is 18.5. The van der Waals surface area contributed by atoms with E-state index in [4.69, 9.17) is 0 Å². The Balaban J connectivity index is 0. The molecular weight excluding hydrogens is 415 g/mol. The van der Waals surface area contributed by atoms with E-state index in [2.05, 4.69) is 41.0 Å². The zero-order valence-corrected chi connectivity index (χ0v) is 18.3. The molecule has 5 nitrogen and oxygen atoms in total. The normalized spacial score (nSPS) is 12.1. The first kappa shape index (κ1) is 25.5. The van der Waals surface area contributed by atoms with Gasteiger partial charge in [0.1, 0.15) is 0 Å². The Bertz CT molecular complexity index is 361. The molecule has 0 saturated heterocycles. The van der Waals surface area contributed by atoms with Gasteiger partial charge < -0.3 is 15.5 Å². The Morgan fingerprint density at radius 3 is 2.58 bits per heavy atom. The Morgan fingerprint density at radius 1 is 1.29 bits per heavy atom. The summed E-state index contributed by atoms with van der Waals surface area (Å²) in [6.45, 7) is 12.2. The number of allylic oxidation sites excluding steroid dienone is 1. The summed E-state index contributed by atoms with van der Waals surface area (Å²) >= 11 is 0. The van der Waals surface area contributed by atoms with Crippen molar-refractivity contribution >= 4 is 35.8 Å². The molecule has 1 unspecified atom stereocenters. The number of unbranched alkanes of at least 4 members (excludes halogenated alkanes) is 3. The molecule has 0 aromatic rings. The Labute approximate surface area is 165 Å². The maximum Gasteiger partial charge on any atom is 0.222 e. The summed E-state index contributed by atoms with van der Waals surface area (Å²) in [5.74, 6) is 0.957. The van der Waals surface area contributed by atoms with Crippen LogP contribution in [0.4, 0.5) is 0 Å². The molecule has 1 atom stereocenters. The van der Waals surface area contributed by atoms with Crippen LogP contribution < -0.4 is 10.6 Å². The number of nitrogens with zero attached hydrogens (tertiary/aromatic N) is 2. The van der Waals surface area contributed by atoms with Crippen molar-refractivity contribution < 1.29 is 4.79 Å². The molecule has 0 aliphatic carbocycles. The lowest BCUT2D eigenvalue weighted by molar-refractivity contribution is -0.121. The van der Waals surface area contributed by atoms with Gasteiger partial charge in [-0.05, 0) is 39.5 Å². The van der Waals surface area contributed by atoms with Crippen molar-refractivity contribution in [2.24, 2.45) is 4.99 Å². The molecule has 142 valence electrons. The number of hydrogen-bond donors (Lipinski definition) is 2. The molecule has 0 rings (SSSR count). The number of halogens is 1. The highest BCUT2D eigenvalue weighted by Crippen LogP contribution is 2.02. The van der Waals surface area contributed by atoms with Crippen LogP contribution in [0.3, 0.4) is 0 Å². The highest BCUT2D eigenvalue weighted by atomic mass is 127. The van der Waals surface area contributed by atoms with Crippen LogP contribution in [-0.2, 0) is 4.79 Å². The molecule has 0 radical (unpaired) electrons. The van der Waals surface area contributed by atoms with Gasteiger partial charge in [0.05, 0.1) is 6.54 Å². The molecule has 0 fully saturated rings. The van der Waals surface area contributed by atoms with Crippen LogP contribution in [0, 0.1) is 0 Å². The molecule has 0 aromatic carbocycles. The summed E-state index contributed by atoms with van der Waals surface area (Å²) in [6, 6.07) is 0.234. The fourth-order valence-electron chi connectivity index (χ4n) is 2.10. The third-order valence-electron chi connectivity index (χ3n) is 3.72. The van der Waals surface area contributed by atoms with E-state index >= 15 is 0 Å². The predicted molar refractivity (Wildman–Crippen MR) is 115 cm³/mol. The quantitative estimate of drug-likeness (QED) is 0.157. The summed E-state index contributed by atoms with van der Waals surface area (Å²) in [6.07, 6.45) is 7.98. The van der Waals surface area contributed by atoms with Gasteiger partial charge in [0.25, 0.3) is 0 Å². The van der Waals surface area contributed by atoms with Crippen molar-refractivity contribution in [2.45, 2.75) is 65.3 Å². The fraction of sp³-hybridized carbons (Fsp3) is 0.778. The van der Waals surface area contributed by atoms with Crippen LogP contribution in [0.15, 0.2) is 17.6 Å². The molecule has 1 amide bonds. The van der Waals surface area contributed by atoms with Crippen LogP contribution in [-0.4, -0.2) is 49.5 Å². The fourth-order valence-corrected chi connectivity index (χ4v) is 2.10. The molecule has 0 aliphatic rings. The van der Waals surface area contributed by atoms with Gasteiger partial charge in [-0.25, -0.2) is 0 Å². The van der Waals surface area contributed by atoms with Gasteiger partial charge in [-0.3, -0.25) is 9.79 Å². The maximum atomic E-state index is 11.8. The minimum Gasteiger partial charge on any atom is -0.357 e. The number of nitrogens with one attached hydrogen (secondary N) is 2. The maximum absolute atomic E-state index is 11.8. The van der Waals surface area contributed by atoms with Crippen molar-refractivity contribution in [3.05, 3.63) is 12.7 Å². The number of carbonyl (C=O) groups is 1. The molecule has 0 aliphatic heterocycles. The largest absolute Gasteiger partial charge is 0.357 e. The highest BCUT2D eigenvalue weighted by Gasteiger charge is 2.07. The number of aliphatic imine (C=N–C) groups is 1. The molecule has 6 heteroatoms. The zero-order chi connectivity index (χ0) is 17.5. The Kier molecular flexibility index (Phi) is 18.1. The molecule has 0 spiro atoms. The van der Waals surface area contributed by atoms with Gasteiger partial charge in [0, 0.05) is 32.6 Å². The van der Waals surface area contributed by atoms with E-state index < -0.39 is 0 Å². The van der Waals surface area contributed by atoms with Crippen LogP contribution in [0.5, 0.6) is 0 Å². The molecule has 2 N–H and O–H groups in total. The summed E-state index contributed by atoms with van der Waals surface area (Å²) in [5.41, 5.74) is 0. The molecule has 0 bridgehead atoms. The van der Waals surface area contributed by atoms with E-state index in [-0.39, 0.29) is 35.9 Å². The van der Waals surface area contributed by atoms with Crippen LogP contribution in [0.25, 0.3) is 0 Å². The van der Waals surface area contributed by atoms with Crippen LogP contribution in [0.1, 0.15) is 59.3 Å². The molecule has 0 heterocycles. The van der Waals surface area contributed by atoms with Gasteiger partial charge >= 0.3 is 0 Å². The minimum absolute atomic E-state index is 0. The third kappa shape index (κ3) is 13.6. The average molecular weight is 452 g/mol. The monoisotopic (exact) mass is 452 g/mol. The van der Waals surface area contributed by atoms with Crippen LogP contribution in [0.2, 0.25) is 0 Å². The van der Waals surface area contributed by atoms with Crippen molar-refractivity contribution in [3.8, 4) is 0 Å². The first-order chi connectivity index (χ1) is 11.0. The second-order valence-electron chi connectivity index (χ2n) is 5.92. The smallest absolute Gasteiger partial charge is 0.222 e. The van der Waals surface area contributed by atoms with E-state index in [1.54, 1.807) is 0 Å². The topological polar surface area (TPSA) is 56.7 Å². The van der Waals surface area contributed by atoms with Gasteiger partial charge in [0.2, 0.25) is 5.91 Å². The summed E-state index contributed by atoms with van der Waals surface area (Å²) in [5, 5.41) is 6.26. The second kappa shape index (κ2) is 17.0. The first-order valence-corrected chi connectivity index (χ1v) is 8.94. The molecule has 0 aromatic heterocycles. The first-order valence-electron chi connectivity index (χ1n) is 8.94. The Hall–Kier alpha value is -0.790. The number of carbonyl (C=O) groups excluding carboxylic acids is 1. The number of guanidine groups is 1. The van der Waals surface area contributed by atoms with E-state index in [1.165, 1.54) is 12.8 Å². The highest BCUT2D eigenvalue weighted by molar-refractivity contribution is 14.0. The van der Waals surface area contributed by atoms with Crippen molar-refractivity contribution in [1.82, 2.24) is 15.5 Å². The van der Waals surface area contributed by atoms with Gasteiger partial charge in [-0.15, -0.1) is 30.6 Å². The van der Waals surface area contributed by atoms with E-state index in [1.807, 2.05) is 20.0 Å². The van der Waals surface area contributed by atoms with E-state index in [0.717, 1.165) is 38.3 Å². The van der Waals surface area contributed by atoms with E-state index in [0.29, 0.717) is 13.0 Å². The van der Waals surface area contributed by atoms with Gasteiger partial charge in [-0.2, -0.15) is 0 Å². The molecule has 0 saturated carbocycles. The van der Waals surface area contributed by atoms with E-state index in [9.17, 15) is 4.79 Å². The lowest BCUT2D eigenvalue weighted by atomic mass is 10.2. The van der Waals surface area contributed by atoms with Crippen molar-refractivity contribution in [1.29, 1.82) is 0 Å². The second-order valence-corrected chi connectivity index (χ2v) is 5.92. The lowest BCUT2D eigenvalue weighted by Crippen LogP contribution is -2.39. The standard InChI is InChI=1S/C18H36N4O.HI/c1-6-9-10-11-12-15-22(5)18(19-8-3)20-14-13-17(23)21-16(4)7-2;/h6,16H,1,7-15H2,2-5H3,(H,19,20)(H,21,23);1H. The SMILES string of the molecule is C=CCCCCCN(C)C(=NCCC(=O)NC(C)CC)NCC.I. The lowest BCUT2D eigenvalue weighted by Gasteiger charge is -2.22. The third-order valence-corrected chi connectivity index (χ3v) is 3.72.